The largest absolute Gasteiger partial charge is 0.464 e. The summed E-state index contributed by atoms with van der Waals surface area (Å²) in [7, 11) is 3.23. The third-order valence-corrected chi connectivity index (χ3v) is 5.12. The first-order valence-corrected chi connectivity index (χ1v) is 8.62. The van der Waals surface area contributed by atoms with Crippen LogP contribution in [-0.4, -0.2) is 70.1 Å². The van der Waals surface area contributed by atoms with Crippen LogP contribution in [0.4, 0.5) is 4.79 Å². The zero-order valence-corrected chi connectivity index (χ0v) is 14.3. The lowest BCUT2D eigenvalue weighted by atomic mass is 10.1. The van der Waals surface area contributed by atoms with E-state index in [0.29, 0.717) is 12.6 Å². The molecule has 2 aliphatic rings. The molecule has 2 fully saturated rings. The Kier molecular flexibility index (Phi) is 5.01. The van der Waals surface area contributed by atoms with Gasteiger partial charge in [0, 0.05) is 26.2 Å². The number of piperidine rings is 1. The molecule has 8 nitrogen and oxygen atoms in total. The van der Waals surface area contributed by atoms with Crippen LogP contribution < -0.4 is 0 Å². The number of aromatic nitrogens is 3. The fraction of sp³-hybridized carbons (Fsp3) is 0.750. The van der Waals surface area contributed by atoms with Gasteiger partial charge in [0.15, 0.2) is 5.69 Å². The van der Waals surface area contributed by atoms with Crippen molar-refractivity contribution < 1.29 is 14.3 Å². The van der Waals surface area contributed by atoms with E-state index in [1.807, 2.05) is 16.8 Å². The number of carbonyl (C=O) groups is 2. The number of likely N-dealkylation sites (tertiary alicyclic amines) is 1. The molecule has 2 amide bonds. The van der Waals surface area contributed by atoms with Crippen LogP contribution in [0.15, 0.2) is 6.20 Å². The molecule has 1 atom stereocenters. The minimum atomic E-state index is -0.494. The van der Waals surface area contributed by atoms with Gasteiger partial charge in [-0.15, -0.1) is 5.10 Å². The highest BCUT2D eigenvalue weighted by molar-refractivity contribution is 5.86. The van der Waals surface area contributed by atoms with Gasteiger partial charge in [0.25, 0.3) is 0 Å². The van der Waals surface area contributed by atoms with Crippen LogP contribution in [-0.2, 0) is 4.74 Å². The predicted molar refractivity (Wildman–Crippen MR) is 86.6 cm³/mol. The Morgan fingerprint density at radius 3 is 2.71 bits per heavy atom. The quantitative estimate of drug-likeness (QED) is 0.785. The van der Waals surface area contributed by atoms with Crippen LogP contribution in [0.3, 0.4) is 0 Å². The Morgan fingerprint density at radius 2 is 2.00 bits per heavy atom. The van der Waals surface area contributed by atoms with Crippen LogP contribution in [0.25, 0.3) is 0 Å². The molecule has 0 bridgehead atoms. The molecule has 24 heavy (non-hydrogen) atoms. The van der Waals surface area contributed by atoms with Crippen molar-refractivity contribution in [1.82, 2.24) is 24.8 Å². The number of rotatable bonds is 3. The van der Waals surface area contributed by atoms with E-state index in [-0.39, 0.29) is 17.8 Å². The smallest absolute Gasteiger partial charge is 0.360 e. The predicted octanol–water partition coefficient (Wildman–Crippen LogP) is 1.70. The first-order chi connectivity index (χ1) is 11.6. The van der Waals surface area contributed by atoms with Gasteiger partial charge in [-0.3, -0.25) is 0 Å². The summed E-state index contributed by atoms with van der Waals surface area (Å²) < 4.78 is 6.34. The molecule has 132 valence electrons. The number of ether oxygens (including phenoxy) is 1. The Morgan fingerprint density at radius 1 is 1.25 bits per heavy atom. The molecule has 0 spiro atoms. The molecule has 0 aromatic carbocycles. The van der Waals surface area contributed by atoms with Crippen LogP contribution in [0.5, 0.6) is 0 Å². The standard InChI is InChI=1S/C16H25N5O3/c1-19(12-6-3-4-7-12)16(23)20-9-5-8-13(10-20)21-11-14(17-18-21)15(22)24-2/h11-13H,3-10H2,1-2H3. The lowest BCUT2D eigenvalue weighted by Gasteiger charge is -2.37. The minimum absolute atomic E-state index is 0.0468. The third-order valence-electron chi connectivity index (χ3n) is 5.12. The van der Waals surface area contributed by atoms with Gasteiger partial charge >= 0.3 is 12.0 Å². The summed E-state index contributed by atoms with van der Waals surface area (Å²) in [6, 6.07) is 0.515. The van der Waals surface area contributed by atoms with Gasteiger partial charge < -0.3 is 14.5 Å². The number of urea groups is 1. The lowest BCUT2D eigenvalue weighted by Crippen LogP contribution is -2.49. The molecule has 3 rings (SSSR count). The molecule has 0 N–H and O–H groups in total. The van der Waals surface area contributed by atoms with Gasteiger partial charge in [-0.2, -0.15) is 0 Å². The topological polar surface area (TPSA) is 80.6 Å². The average molecular weight is 335 g/mol. The highest BCUT2D eigenvalue weighted by Gasteiger charge is 2.31. The molecule has 2 heterocycles. The summed E-state index contributed by atoms with van der Waals surface area (Å²) in [5.41, 5.74) is 0.198. The zero-order chi connectivity index (χ0) is 17.1. The van der Waals surface area contributed by atoms with Crippen LogP contribution >= 0.6 is 0 Å². The van der Waals surface area contributed by atoms with Gasteiger partial charge in [0.1, 0.15) is 0 Å². The molecule has 1 aromatic heterocycles. The second kappa shape index (κ2) is 7.19. The second-order valence-electron chi connectivity index (χ2n) is 6.65. The number of amides is 2. The molecule has 8 heteroatoms. The first-order valence-electron chi connectivity index (χ1n) is 8.62. The Bertz CT molecular complexity index is 596. The van der Waals surface area contributed by atoms with Crippen molar-refractivity contribution in [1.29, 1.82) is 0 Å². The van der Waals surface area contributed by atoms with Crippen molar-refractivity contribution in [2.24, 2.45) is 0 Å². The number of nitrogens with zero attached hydrogens (tertiary/aromatic N) is 5. The summed E-state index contributed by atoms with van der Waals surface area (Å²) in [5.74, 6) is -0.494. The molecular weight excluding hydrogens is 310 g/mol. The fourth-order valence-corrected chi connectivity index (χ4v) is 3.67. The van der Waals surface area contributed by atoms with E-state index in [9.17, 15) is 9.59 Å². The highest BCUT2D eigenvalue weighted by Crippen LogP contribution is 2.26. The first kappa shape index (κ1) is 16.7. The average Bonchev–Trinajstić information content (AvgIpc) is 3.31. The Balaban J connectivity index is 1.64. The maximum atomic E-state index is 12.8. The number of carbonyl (C=O) groups excluding carboxylic acids is 2. The molecule has 1 aliphatic heterocycles. The number of hydrogen-bond donors (Lipinski definition) is 0. The van der Waals surface area contributed by atoms with E-state index in [2.05, 4.69) is 15.0 Å². The van der Waals surface area contributed by atoms with Crippen LogP contribution in [0.2, 0.25) is 0 Å². The summed E-state index contributed by atoms with van der Waals surface area (Å²) in [4.78, 5) is 28.1. The number of hydrogen-bond acceptors (Lipinski definition) is 5. The van der Waals surface area contributed by atoms with Crippen molar-refractivity contribution in [3.8, 4) is 0 Å². The SMILES string of the molecule is COC(=O)c1cn(C2CCCN(C(=O)N(C)C3CCCC3)C2)nn1. The van der Waals surface area contributed by atoms with Crippen molar-refractivity contribution >= 4 is 12.0 Å². The molecule has 1 saturated heterocycles. The van der Waals surface area contributed by atoms with Crippen LogP contribution in [0.1, 0.15) is 55.1 Å². The maximum Gasteiger partial charge on any atom is 0.360 e. The van der Waals surface area contributed by atoms with Gasteiger partial charge in [0.2, 0.25) is 0 Å². The highest BCUT2D eigenvalue weighted by atomic mass is 16.5. The molecule has 1 aromatic rings. The van der Waals surface area contributed by atoms with E-state index in [4.69, 9.17) is 0 Å². The summed E-state index contributed by atoms with van der Waals surface area (Å²) in [6.07, 6.45) is 8.06. The summed E-state index contributed by atoms with van der Waals surface area (Å²) >= 11 is 0. The van der Waals surface area contributed by atoms with Gasteiger partial charge in [-0.25, -0.2) is 14.3 Å². The van der Waals surface area contributed by atoms with Crippen molar-refractivity contribution in [3.05, 3.63) is 11.9 Å². The molecular formula is C16H25N5O3. The van der Waals surface area contributed by atoms with Crippen molar-refractivity contribution in [2.75, 3.05) is 27.2 Å². The van der Waals surface area contributed by atoms with E-state index in [1.165, 1.54) is 20.0 Å². The normalized spacial score (nSPS) is 21.8. The lowest BCUT2D eigenvalue weighted by molar-refractivity contribution is 0.0593. The summed E-state index contributed by atoms with van der Waals surface area (Å²) in [6.45, 7) is 1.37. The van der Waals surface area contributed by atoms with Crippen LogP contribution in [0, 0.1) is 0 Å². The Hall–Kier alpha value is -2.12. The van der Waals surface area contributed by atoms with E-state index >= 15 is 0 Å². The van der Waals surface area contributed by atoms with Crippen molar-refractivity contribution in [3.63, 3.8) is 0 Å². The second-order valence-corrected chi connectivity index (χ2v) is 6.65. The number of methoxy groups -OCH3 is 1. The van der Waals surface area contributed by atoms with E-state index in [1.54, 1.807) is 10.9 Å². The molecule has 1 unspecified atom stereocenters. The molecule has 1 saturated carbocycles. The monoisotopic (exact) mass is 335 g/mol. The zero-order valence-electron chi connectivity index (χ0n) is 14.3. The minimum Gasteiger partial charge on any atom is -0.464 e. The number of esters is 1. The maximum absolute atomic E-state index is 12.8. The van der Waals surface area contributed by atoms with Gasteiger partial charge in [-0.05, 0) is 25.7 Å². The molecule has 1 aliphatic carbocycles. The van der Waals surface area contributed by atoms with Crippen molar-refractivity contribution in [2.45, 2.75) is 50.6 Å². The third kappa shape index (κ3) is 3.37. The molecule has 0 radical (unpaired) electrons. The summed E-state index contributed by atoms with van der Waals surface area (Å²) in [5, 5.41) is 7.89. The van der Waals surface area contributed by atoms with E-state index < -0.39 is 5.97 Å². The van der Waals surface area contributed by atoms with Gasteiger partial charge in [0.05, 0.1) is 19.3 Å². The van der Waals surface area contributed by atoms with Gasteiger partial charge in [-0.1, -0.05) is 18.1 Å². The van der Waals surface area contributed by atoms with E-state index in [0.717, 1.165) is 32.2 Å². The Labute approximate surface area is 141 Å². The fourth-order valence-electron chi connectivity index (χ4n) is 3.67.